The lowest BCUT2D eigenvalue weighted by atomic mass is 10.1. The van der Waals surface area contributed by atoms with Crippen molar-refractivity contribution in [1.29, 1.82) is 5.26 Å². The van der Waals surface area contributed by atoms with E-state index in [0.717, 1.165) is 5.56 Å². The topological polar surface area (TPSA) is 93.4 Å². The molecule has 0 saturated carbocycles. The molecule has 0 aromatic heterocycles. The summed E-state index contributed by atoms with van der Waals surface area (Å²) in [5.41, 5.74) is 1.32. The van der Waals surface area contributed by atoms with E-state index >= 15 is 0 Å². The molecule has 0 heterocycles. The molecule has 1 rings (SSSR count). The number of benzene rings is 1. The van der Waals surface area contributed by atoms with Crippen molar-refractivity contribution >= 4 is 12.0 Å². The van der Waals surface area contributed by atoms with Crippen LogP contribution in [0.15, 0.2) is 24.3 Å². The number of aliphatic carboxylic acids is 1. The molecule has 0 aliphatic carbocycles. The number of carbonyl (C=O) groups excluding carboxylic acids is 1. The van der Waals surface area contributed by atoms with Crippen LogP contribution in [0, 0.1) is 11.3 Å². The molecule has 100 valence electrons. The zero-order valence-electron chi connectivity index (χ0n) is 10.8. The van der Waals surface area contributed by atoms with Gasteiger partial charge in [0.1, 0.15) is 6.04 Å². The first-order chi connectivity index (χ1) is 8.93. The second-order valence-corrected chi connectivity index (χ2v) is 4.18. The van der Waals surface area contributed by atoms with Gasteiger partial charge in [-0.05, 0) is 24.6 Å². The molecule has 0 unspecified atom stereocenters. The lowest BCUT2D eigenvalue weighted by Crippen LogP contribution is -2.44. The molecule has 0 bridgehead atoms. The van der Waals surface area contributed by atoms with Crippen molar-refractivity contribution in [2.45, 2.75) is 19.5 Å². The fourth-order valence-electron chi connectivity index (χ4n) is 1.44. The minimum Gasteiger partial charge on any atom is -0.480 e. The van der Waals surface area contributed by atoms with Crippen LogP contribution in [0.25, 0.3) is 0 Å². The van der Waals surface area contributed by atoms with E-state index in [0.29, 0.717) is 12.1 Å². The van der Waals surface area contributed by atoms with Crippen LogP contribution in [0.3, 0.4) is 0 Å². The van der Waals surface area contributed by atoms with Gasteiger partial charge in [-0.15, -0.1) is 0 Å². The molecular formula is C13H15N3O3. The molecule has 6 heteroatoms. The predicted molar refractivity (Wildman–Crippen MR) is 68.3 cm³/mol. The number of hydrogen-bond donors (Lipinski definition) is 2. The summed E-state index contributed by atoms with van der Waals surface area (Å²) in [6.45, 7) is 1.69. The highest BCUT2D eigenvalue weighted by Crippen LogP contribution is 2.07. The smallest absolute Gasteiger partial charge is 0.325 e. The standard InChI is InChI=1S/C13H15N3O3/c1-9(12(17)18)15-13(19)16(2)8-11-5-3-4-10(6-11)7-14/h3-6,9H,8H2,1-2H3,(H,15,19)(H,17,18)/t9-/m1/s1. The molecule has 1 aromatic carbocycles. The number of carboxylic acids is 1. The molecule has 0 radical (unpaired) electrons. The van der Waals surface area contributed by atoms with Gasteiger partial charge >= 0.3 is 12.0 Å². The minimum absolute atomic E-state index is 0.299. The van der Waals surface area contributed by atoms with E-state index in [2.05, 4.69) is 5.32 Å². The van der Waals surface area contributed by atoms with E-state index in [-0.39, 0.29) is 0 Å². The summed E-state index contributed by atoms with van der Waals surface area (Å²) in [5.74, 6) is -1.09. The van der Waals surface area contributed by atoms with E-state index in [1.165, 1.54) is 11.8 Å². The maximum absolute atomic E-state index is 11.7. The van der Waals surface area contributed by atoms with Crippen molar-refractivity contribution < 1.29 is 14.7 Å². The molecule has 1 aromatic rings. The number of amides is 2. The summed E-state index contributed by atoms with van der Waals surface area (Å²) in [4.78, 5) is 23.7. The second-order valence-electron chi connectivity index (χ2n) is 4.18. The quantitative estimate of drug-likeness (QED) is 0.850. The maximum Gasteiger partial charge on any atom is 0.325 e. The summed E-state index contributed by atoms with van der Waals surface area (Å²) in [6, 6.07) is 7.50. The lowest BCUT2D eigenvalue weighted by Gasteiger charge is -2.19. The maximum atomic E-state index is 11.7. The Morgan fingerprint density at radius 1 is 1.53 bits per heavy atom. The number of urea groups is 1. The van der Waals surface area contributed by atoms with E-state index in [4.69, 9.17) is 10.4 Å². The Morgan fingerprint density at radius 3 is 2.79 bits per heavy atom. The first-order valence-electron chi connectivity index (χ1n) is 5.67. The third-order valence-electron chi connectivity index (χ3n) is 2.53. The summed E-state index contributed by atoms with van der Waals surface area (Å²) in [6.07, 6.45) is 0. The largest absolute Gasteiger partial charge is 0.480 e. The Bertz CT molecular complexity index is 522. The van der Waals surface area contributed by atoms with Gasteiger partial charge in [-0.1, -0.05) is 12.1 Å². The average molecular weight is 261 g/mol. The number of carboxylic acid groups (broad SMARTS) is 1. The number of nitrogens with one attached hydrogen (secondary N) is 1. The van der Waals surface area contributed by atoms with Crippen LogP contribution < -0.4 is 5.32 Å². The van der Waals surface area contributed by atoms with E-state index in [9.17, 15) is 9.59 Å². The molecule has 0 fully saturated rings. The van der Waals surface area contributed by atoms with Crippen LogP contribution in [0.5, 0.6) is 0 Å². The van der Waals surface area contributed by atoms with Gasteiger partial charge in [-0.2, -0.15) is 5.26 Å². The Labute approximate surface area is 111 Å². The molecule has 6 nitrogen and oxygen atoms in total. The van der Waals surface area contributed by atoms with Crippen molar-refractivity contribution in [2.75, 3.05) is 7.05 Å². The molecule has 2 amide bonds. The van der Waals surface area contributed by atoms with Crippen molar-refractivity contribution in [3.63, 3.8) is 0 Å². The van der Waals surface area contributed by atoms with Gasteiger partial charge in [0.2, 0.25) is 0 Å². The molecule has 0 aliphatic heterocycles. The highest BCUT2D eigenvalue weighted by Gasteiger charge is 2.16. The van der Waals surface area contributed by atoms with Crippen molar-refractivity contribution in [3.8, 4) is 6.07 Å². The second kappa shape index (κ2) is 6.40. The van der Waals surface area contributed by atoms with Crippen LogP contribution in [0.1, 0.15) is 18.1 Å². The third-order valence-corrected chi connectivity index (χ3v) is 2.53. The molecule has 2 N–H and O–H groups in total. The Hall–Kier alpha value is -2.55. The Morgan fingerprint density at radius 2 is 2.21 bits per heavy atom. The van der Waals surface area contributed by atoms with E-state index < -0.39 is 18.0 Å². The minimum atomic E-state index is -1.09. The molecular weight excluding hydrogens is 246 g/mol. The summed E-state index contributed by atoms with van der Waals surface area (Å²) < 4.78 is 0. The highest BCUT2D eigenvalue weighted by molar-refractivity contribution is 5.82. The summed E-state index contributed by atoms with van der Waals surface area (Å²) in [7, 11) is 1.56. The monoisotopic (exact) mass is 261 g/mol. The zero-order valence-corrected chi connectivity index (χ0v) is 10.8. The average Bonchev–Trinajstić information content (AvgIpc) is 2.38. The summed E-state index contributed by atoms with van der Waals surface area (Å²) >= 11 is 0. The number of nitriles is 1. The van der Waals surface area contributed by atoms with Crippen LogP contribution in [-0.2, 0) is 11.3 Å². The van der Waals surface area contributed by atoms with Crippen LogP contribution in [0.2, 0.25) is 0 Å². The third kappa shape index (κ3) is 4.32. The number of hydrogen-bond acceptors (Lipinski definition) is 3. The molecule has 0 aliphatic rings. The van der Waals surface area contributed by atoms with E-state index in [1.807, 2.05) is 6.07 Å². The van der Waals surface area contributed by atoms with Gasteiger partial charge in [-0.3, -0.25) is 4.79 Å². The first-order valence-corrected chi connectivity index (χ1v) is 5.67. The van der Waals surface area contributed by atoms with E-state index in [1.54, 1.807) is 31.3 Å². The number of rotatable bonds is 4. The number of nitrogens with zero attached hydrogens (tertiary/aromatic N) is 2. The normalized spacial score (nSPS) is 11.2. The predicted octanol–water partition coefficient (Wildman–Crippen LogP) is 1.17. The number of carbonyl (C=O) groups is 2. The fraction of sp³-hybridized carbons (Fsp3) is 0.308. The van der Waals surface area contributed by atoms with Gasteiger partial charge in [0, 0.05) is 13.6 Å². The molecule has 0 saturated heterocycles. The molecule has 1 atom stereocenters. The van der Waals surface area contributed by atoms with Crippen LogP contribution >= 0.6 is 0 Å². The highest BCUT2D eigenvalue weighted by atomic mass is 16.4. The van der Waals surface area contributed by atoms with Crippen molar-refractivity contribution in [1.82, 2.24) is 10.2 Å². The lowest BCUT2D eigenvalue weighted by molar-refractivity contribution is -0.138. The van der Waals surface area contributed by atoms with Crippen molar-refractivity contribution in [2.24, 2.45) is 0 Å². The van der Waals surface area contributed by atoms with Gasteiger partial charge in [0.05, 0.1) is 11.6 Å². The summed E-state index contributed by atoms with van der Waals surface area (Å²) in [5, 5.41) is 19.8. The fourth-order valence-corrected chi connectivity index (χ4v) is 1.44. The molecule has 0 spiro atoms. The van der Waals surface area contributed by atoms with Crippen LogP contribution in [0.4, 0.5) is 4.79 Å². The first kappa shape index (κ1) is 14.5. The van der Waals surface area contributed by atoms with Gasteiger partial charge in [0.25, 0.3) is 0 Å². The zero-order chi connectivity index (χ0) is 14.4. The Balaban J connectivity index is 2.63. The van der Waals surface area contributed by atoms with Gasteiger partial charge < -0.3 is 15.3 Å². The van der Waals surface area contributed by atoms with Crippen LogP contribution in [-0.4, -0.2) is 35.1 Å². The Kier molecular flexibility index (Phi) is 4.89. The van der Waals surface area contributed by atoms with Gasteiger partial charge in [-0.25, -0.2) is 4.79 Å². The van der Waals surface area contributed by atoms with Gasteiger partial charge in [0.15, 0.2) is 0 Å². The van der Waals surface area contributed by atoms with Crippen molar-refractivity contribution in [3.05, 3.63) is 35.4 Å². The SMILES string of the molecule is C[C@@H](NC(=O)N(C)Cc1cccc(C#N)c1)C(=O)O. The molecule has 19 heavy (non-hydrogen) atoms.